The van der Waals surface area contributed by atoms with Crippen molar-refractivity contribution in [3.8, 4) is 0 Å². The highest BCUT2D eigenvalue weighted by atomic mass is 19.1. The molecule has 124 valence electrons. The smallest absolute Gasteiger partial charge is 0.123 e. The lowest BCUT2D eigenvalue weighted by Crippen LogP contribution is -2.39. The lowest BCUT2D eigenvalue weighted by molar-refractivity contribution is -0.00655. The van der Waals surface area contributed by atoms with Crippen LogP contribution in [-0.4, -0.2) is 54.1 Å². The number of benzene rings is 1. The number of aryl methyl sites for hydroxylation is 1. The average Bonchev–Trinajstić information content (AvgIpc) is 2.49. The van der Waals surface area contributed by atoms with Gasteiger partial charge in [-0.15, -0.1) is 0 Å². The Hall–Kier alpha value is -1.01. The van der Waals surface area contributed by atoms with E-state index in [1.54, 1.807) is 6.07 Å². The first-order valence-electron chi connectivity index (χ1n) is 7.99. The number of hydrogen-bond acceptors (Lipinski definition) is 4. The Bertz CT molecular complexity index is 461. The highest BCUT2D eigenvalue weighted by Gasteiger charge is 2.22. The highest BCUT2D eigenvalue weighted by molar-refractivity contribution is 5.28. The number of aliphatic hydroxyl groups is 2. The maximum Gasteiger partial charge on any atom is 0.123 e. The number of nitrogens with zero attached hydrogens (tertiary/aromatic N) is 1. The van der Waals surface area contributed by atoms with Crippen molar-refractivity contribution in [1.82, 2.24) is 4.90 Å². The fourth-order valence-electron chi connectivity index (χ4n) is 2.93. The summed E-state index contributed by atoms with van der Waals surface area (Å²) in [6, 6.07) is 4.52. The molecule has 0 aromatic heterocycles. The molecule has 1 saturated heterocycles. The summed E-state index contributed by atoms with van der Waals surface area (Å²) in [6.45, 7) is 4.95. The maximum atomic E-state index is 13.1. The highest BCUT2D eigenvalue weighted by Crippen LogP contribution is 2.22. The molecule has 1 aliphatic heterocycles. The molecule has 1 unspecified atom stereocenters. The van der Waals surface area contributed by atoms with Gasteiger partial charge in [0.1, 0.15) is 5.82 Å². The van der Waals surface area contributed by atoms with Crippen LogP contribution in [0.25, 0.3) is 0 Å². The van der Waals surface area contributed by atoms with Crippen molar-refractivity contribution < 1.29 is 19.3 Å². The van der Waals surface area contributed by atoms with Gasteiger partial charge in [-0.1, -0.05) is 6.07 Å². The van der Waals surface area contributed by atoms with E-state index in [-0.39, 0.29) is 18.5 Å². The van der Waals surface area contributed by atoms with Gasteiger partial charge in [0.15, 0.2) is 0 Å². The summed E-state index contributed by atoms with van der Waals surface area (Å²) in [5, 5.41) is 19.1. The molecule has 0 saturated carbocycles. The molecule has 0 amide bonds. The summed E-state index contributed by atoms with van der Waals surface area (Å²) in [6.07, 6.45) is 2.24. The van der Waals surface area contributed by atoms with Crippen LogP contribution in [0.1, 0.15) is 36.5 Å². The summed E-state index contributed by atoms with van der Waals surface area (Å²) < 4.78 is 18.8. The summed E-state index contributed by atoms with van der Waals surface area (Å²) >= 11 is 0. The molecule has 1 fully saturated rings. The number of likely N-dealkylation sites (tertiary alicyclic amines) is 1. The van der Waals surface area contributed by atoms with E-state index in [1.807, 2.05) is 6.92 Å². The minimum absolute atomic E-state index is 0.169. The van der Waals surface area contributed by atoms with Crippen LogP contribution < -0.4 is 0 Å². The Kier molecular flexibility index (Phi) is 6.76. The monoisotopic (exact) mass is 311 g/mol. The molecule has 22 heavy (non-hydrogen) atoms. The number of aliphatic hydroxyl groups excluding tert-OH is 2. The third-order valence-corrected chi connectivity index (χ3v) is 4.21. The molecule has 2 N–H and O–H groups in total. The van der Waals surface area contributed by atoms with Gasteiger partial charge in [0, 0.05) is 32.8 Å². The molecule has 5 heteroatoms. The average molecular weight is 311 g/mol. The van der Waals surface area contributed by atoms with Crippen molar-refractivity contribution in [2.75, 3.05) is 32.8 Å². The van der Waals surface area contributed by atoms with Crippen molar-refractivity contribution in [2.45, 2.75) is 38.4 Å². The summed E-state index contributed by atoms with van der Waals surface area (Å²) in [7, 11) is 0. The Morgan fingerprint density at radius 1 is 1.36 bits per heavy atom. The van der Waals surface area contributed by atoms with E-state index < -0.39 is 6.10 Å². The number of β-amino-alcohol motifs (C(OH)–C–C–N with tert-alkyl or cyclic N) is 1. The van der Waals surface area contributed by atoms with E-state index in [0.717, 1.165) is 37.1 Å². The van der Waals surface area contributed by atoms with Gasteiger partial charge >= 0.3 is 0 Å². The molecule has 1 aromatic carbocycles. The predicted octanol–water partition coefficient (Wildman–Crippen LogP) is 2.03. The third-order valence-electron chi connectivity index (χ3n) is 4.21. The largest absolute Gasteiger partial charge is 0.396 e. The number of hydrogen-bond donors (Lipinski definition) is 2. The maximum absolute atomic E-state index is 13.1. The standard InChI is InChI=1S/C17H26FNO3/c1-13-11-14(18)3-4-16(13)17(21)12-19-7-5-15(6-8-19)22-10-2-9-20/h3-4,11,15,17,20-21H,2,5-10,12H2,1H3. The van der Waals surface area contributed by atoms with Gasteiger partial charge in [0.05, 0.1) is 12.2 Å². The zero-order valence-corrected chi connectivity index (χ0v) is 13.2. The van der Waals surface area contributed by atoms with E-state index >= 15 is 0 Å². The van der Waals surface area contributed by atoms with E-state index in [1.165, 1.54) is 12.1 Å². The fourth-order valence-corrected chi connectivity index (χ4v) is 2.93. The van der Waals surface area contributed by atoms with E-state index in [4.69, 9.17) is 9.84 Å². The van der Waals surface area contributed by atoms with Crippen molar-refractivity contribution in [3.05, 3.63) is 35.1 Å². The topological polar surface area (TPSA) is 52.9 Å². The van der Waals surface area contributed by atoms with E-state index in [9.17, 15) is 9.50 Å². The Morgan fingerprint density at radius 3 is 2.73 bits per heavy atom. The zero-order valence-electron chi connectivity index (χ0n) is 13.2. The van der Waals surface area contributed by atoms with Gasteiger partial charge in [-0.05, 0) is 49.4 Å². The lowest BCUT2D eigenvalue weighted by Gasteiger charge is -2.33. The third kappa shape index (κ3) is 5.02. The molecule has 0 spiro atoms. The van der Waals surface area contributed by atoms with Crippen LogP contribution in [0.3, 0.4) is 0 Å². The SMILES string of the molecule is Cc1cc(F)ccc1C(O)CN1CCC(OCCCO)CC1. The van der Waals surface area contributed by atoms with Crippen LogP contribution in [0.5, 0.6) is 0 Å². The second-order valence-electron chi connectivity index (χ2n) is 5.96. The molecule has 0 bridgehead atoms. The number of ether oxygens (including phenoxy) is 1. The van der Waals surface area contributed by atoms with Crippen LogP contribution in [0.15, 0.2) is 18.2 Å². The quantitative estimate of drug-likeness (QED) is 0.757. The molecule has 1 atom stereocenters. The Labute approximate surface area is 131 Å². The second-order valence-corrected chi connectivity index (χ2v) is 5.96. The minimum Gasteiger partial charge on any atom is -0.396 e. The molecule has 2 rings (SSSR count). The first-order valence-corrected chi connectivity index (χ1v) is 7.99. The summed E-state index contributed by atoms with van der Waals surface area (Å²) in [5.74, 6) is -0.269. The number of piperidine rings is 1. The summed E-state index contributed by atoms with van der Waals surface area (Å²) in [5.41, 5.74) is 1.58. The molecular formula is C17H26FNO3. The molecule has 0 radical (unpaired) electrons. The van der Waals surface area contributed by atoms with Crippen molar-refractivity contribution in [3.63, 3.8) is 0 Å². The predicted molar refractivity (Wildman–Crippen MR) is 83.2 cm³/mol. The number of rotatable bonds is 7. The molecule has 1 heterocycles. The van der Waals surface area contributed by atoms with Gasteiger partial charge in [0.2, 0.25) is 0 Å². The van der Waals surface area contributed by atoms with Crippen LogP contribution in [0.4, 0.5) is 4.39 Å². The Balaban J connectivity index is 1.78. The fraction of sp³-hybridized carbons (Fsp3) is 0.647. The van der Waals surface area contributed by atoms with Crippen LogP contribution in [0.2, 0.25) is 0 Å². The minimum atomic E-state index is -0.590. The van der Waals surface area contributed by atoms with Gasteiger partial charge in [-0.3, -0.25) is 0 Å². The van der Waals surface area contributed by atoms with Crippen molar-refractivity contribution in [2.24, 2.45) is 0 Å². The van der Waals surface area contributed by atoms with Gasteiger partial charge < -0.3 is 19.8 Å². The zero-order chi connectivity index (χ0) is 15.9. The second kappa shape index (κ2) is 8.58. The van der Waals surface area contributed by atoms with E-state index in [2.05, 4.69) is 4.90 Å². The van der Waals surface area contributed by atoms with Gasteiger partial charge in [-0.2, -0.15) is 0 Å². The Morgan fingerprint density at radius 2 is 2.09 bits per heavy atom. The van der Waals surface area contributed by atoms with Gasteiger partial charge in [0.25, 0.3) is 0 Å². The van der Waals surface area contributed by atoms with Crippen molar-refractivity contribution in [1.29, 1.82) is 0 Å². The first kappa shape index (κ1) is 17.3. The molecule has 1 aromatic rings. The van der Waals surface area contributed by atoms with Crippen LogP contribution in [0, 0.1) is 12.7 Å². The van der Waals surface area contributed by atoms with Crippen LogP contribution in [-0.2, 0) is 4.74 Å². The normalized spacial score (nSPS) is 18.5. The van der Waals surface area contributed by atoms with E-state index in [0.29, 0.717) is 19.6 Å². The molecular weight excluding hydrogens is 285 g/mol. The lowest BCUT2D eigenvalue weighted by atomic mass is 10.0. The van der Waals surface area contributed by atoms with Crippen molar-refractivity contribution >= 4 is 0 Å². The number of halogens is 1. The summed E-state index contributed by atoms with van der Waals surface area (Å²) in [4.78, 5) is 2.22. The molecule has 4 nitrogen and oxygen atoms in total. The molecule has 0 aliphatic carbocycles. The van der Waals surface area contributed by atoms with Gasteiger partial charge in [-0.25, -0.2) is 4.39 Å². The molecule has 1 aliphatic rings. The first-order chi connectivity index (χ1) is 10.6. The van der Waals surface area contributed by atoms with Crippen LogP contribution >= 0.6 is 0 Å².